The highest BCUT2D eigenvalue weighted by Crippen LogP contribution is 2.18. The fraction of sp³-hybridized carbons (Fsp3) is 0.188. The third-order valence-corrected chi connectivity index (χ3v) is 2.93. The van der Waals surface area contributed by atoms with Crippen LogP contribution in [-0.4, -0.2) is 17.1 Å². The van der Waals surface area contributed by atoms with E-state index in [4.69, 9.17) is 4.84 Å². The van der Waals surface area contributed by atoms with E-state index >= 15 is 0 Å². The molecule has 104 valence electrons. The Balaban J connectivity index is 2.13. The molecule has 0 bridgehead atoms. The van der Waals surface area contributed by atoms with Crippen LogP contribution in [0.3, 0.4) is 0 Å². The van der Waals surface area contributed by atoms with Crippen LogP contribution in [-0.2, 0) is 16.2 Å². The molecule has 0 fully saturated rings. The smallest absolute Gasteiger partial charge is 0.328 e. The number of benzene rings is 2. The lowest BCUT2D eigenvalue weighted by Gasteiger charge is -2.27. The molecule has 0 spiro atoms. The molecule has 4 heteroatoms. The molecule has 0 aliphatic heterocycles. The van der Waals surface area contributed by atoms with E-state index in [0.717, 1.165) is 11.3 Å². The minimum Gasteiger partial charge on any atom is -0.480 e. The molecule has 1 unspecified atom stereocenters. The van der Waals surface area contributed by atoms with Gasteiger partial charge in [-0.25, -0.2) is 9.86 Å². The number of hydrogen-bond acceptors (Lipinski definition) is 3. The third-order valence-electron chi connectivity index (χ3n) is 2.93. The number of hydroxylamine groups is 1. The lowest BCUT2D eigenvalue weighted by Crippen LogP contribution is -2.39. The maximum Gasteiger partial charge on any atom is 0.328 e. The van der Waals surface area contributed by atoms with Crippen LogP contribution < -0.4 is 5.06 Å². The highest BCUT2D eigenvalue weighted by atomic mass is 16.7. The number of aliphatic carboxylic acids is 1. The molecule has 0 saturated heterocycles. The minimum absolute atomic E-state index is 0.327. The molecule has 0 aliphatic carbocycles. The fourth-order valence-corrected chi connectivity index (χ4v) is 1.80. The van der Waals surface area contributed by atoms with E-state index in [2.05, 4.69) is 0 Å². The number of rotatable bonds is 6. The molecular formula is C16H17NO3. The number of carbonyl (C=O) groups is 1. The molecule has 1 atom stereocenters. The molecule has 2 aromatic carbocycles. The summed E-state index contributed by atoms with van der Waals surface area (Å²) in [7, 11) is 0. The Kier molecular flexibility index (Phi) is 4.74. The van der Waals surface area contributed by atoms with E-state index in [9.17, 15) is 9.90 Å². The average molecular weight is 271 g/mol. The van der Waals surface area contributed by atoms with Crippen LogP contribution in [0.5, 0.6) is 0 Å². The Labute approximate surface area is 118 Å². The van der Waals surface area contributed by atoms with Crippen LogP contribution in [0.2, 0.25) is 0 Å². The van der Waals surface area contributed by atoms with E-state index in [-0.39, 0.29) is 0 Å². The molecule has 0 saturated carbocycles. The maximum atomic E-state index is 11.2. The van der Waals surface area contributed by atoms with Gasteiger partial charge in [-0.1, -0.05) is 48.5 Å². The predicted molar refractivity (Wildman–Crippen MR) is 77.2 cm³/mol. The molecule has 0 aliphatic rings. The van der Waals surface area contributed by atoms with Gasteiger partial charge in [-0.2, -0.15) is 0 Å². The van der Waals surface area contributed by atoms with Crippen LogP contribution in [0.15, 0.2) is 60.7 Å². The molecule has 4 nitrogen and oxygen atoms in total. The summed E-state index contributed by atoms with van der Waals surface area (Å²) in [5.41, 5.74) is 1.71. The average Bonchev–Trinajstić information content (AvgIpc) is 2.49. The first kappa shape index (κ1) is 14.1. The van der Waals surface area contributed by atoms with Gasteiger partial charge in [0.2, 0.25) is 0 Å². The second-order valence-electron chi connectivity index (χ2n) is 4.43. The van der Waals surface area contributed by atoms with E-state index in [1.54, 1.807) is 6.92 Å². The topological polar surface area (TPSA) is 49.8 Å². The van der Waals surface area contributed by atoms with Crippen molar-refractivity contribution in [2.45, 2.75) is 19.6 Å². The molecule has 0 radical (unpaired) electrons. The van der Waals surface area contributed by atoms with Gasteiger partial charge in [0.15, 0.2) is 6.04 Å². The Bertz CT molecular complexity index is 542. The first-order valence-electron chi connectivity index (χ1n) is 6.42. The van der Waals surface area contributed by atoms with E-state index in [1.165, 1.54) is 5.06 Å². The van der Waals surface area contributed by atoms with E-state index < -0.39 is 12.0 Å². The van der Waals surface area contributed by atoms with Gasteiger partial charge in [0.1, 0.15) is 0 Å². The van der Waals surface area contributed by atoms with Crippen LogP contribution in [0.4, 0.5) is 5.69 Å². The summed E-state index contributed by atoms with van der Waals surface area (Å²) in [6, 6.07) is 18.1. The van der Waals surface area contributed by atoms with Crippen molar-refractivity contribution >= 4 is 11.7 Å². The first-order chi connectivity index (χ1) is 9.68. The Morgan fingerprint density at radius 2 is 1.65 bits per heavy atom. The van der Waals surface area contributed by atoms with Crippen molar-refractivity contribution in [3.05, 3.63) is 66.2 Å². The summed E-state index contributed by atoms with van der Waals surface area (Å²) in [5.74, 6) is -0.929. The minimum atomic E-state index is -0.929. The molecule has 2 rings (SSSR count). The largest absolute Gasteiger partial charge is 0.480 e. The quantitative estimate of drug-likeness (QED) is 0.820. The summed E-state index contributed by atoms with van der Waals surface area (Å²) >= 11 is 0. The van der Waals surface area contributed by atoms with Gasteiger partial charge in [0.25, 0.3) is 0 Å². The van der Waals surface area contributed by atoms with Gasteiger partial charge in [0, 0.05) is 0 Å². The maximum absolute atomic E-state index is 11.2. The second kappa shape index (κ2) is 6.73. The molecule has 0 heterocycles. The zero-order valence-corrected chi connectivity index (χ0v) is 11.3. The van der Waals surface area contributed by atoms with Crippen LogP contribution in [0, 0.1) is 0 Å². The van der Waals surface area contributed by atoms with Crippen LogP contribution in [0.25, 0.3) is 0 Å². The summed E-state index contributed by atoms with van der Waals surface area (Å²) in [6.45, 7) is 1.92. The van der Waals surface area contributed by atoms with Gasteiger partial charge in [0.05, 0.1) is 12.3 Å². The van der Waals surface area contributed by atoms with Crippen molar-refractivity contribution in [3.63, 3.8) is 0 Å². The molecular weight excluding hydrogens is 254 g/mol. The van der Waals surface area contributed by atoms with Crippen molar-refractivity contribution in [3.8, 4) is 0 Å². The number of anilines is 1. The monoisotopic (exact) mass is 271 g/mol. The number of hydrogen-bond donors (Lipinski definition) is 1. The van der Waals surface area contributed by atoms with Crippen LogP contribution in [0.1, 0.15) is 12.5 Å². The molecule has 2 aromatic rings. The SMILES string of the molecule is CC(C(=O)O)N(OCc1ccccc1)c1ccccc1. The third kappa shape index (κ3) is 3.59. The molecule has 20 heavy (non-hydrogen) atoms. The van der Waals surface area contributed by atoms with Crippen molar-refractivity contribution < 1.29 is 14.7 Å². The number of para-hydroxylation sites is 1. The van der Waals surface area contributed by atoms with Crippen molar-refractivity contribution in [2.24, 2.45) is 0 Å². The van der Waals surface area contributed by atoms with Crippen molar-refractivity contribution in [1.29, 1.82) is 0 Å². The molecule has 0 amide bonds. The van der Waals surface area contributed by atoms with Crippen LogP contribution >= 0.6 is 0 Å². The highest BCUT2D eigenvalue weighted by molar-refractivity contribution is 5.76. The summed E-state index contributed by atoms with van der Waals surface area (Å²) in [6.07, 6.45) is 0. The predicted octanol–water partition coefficient (Wildman–Crippen LogP) is 3.10. The van der Waals surface area contributed by atoms with Gasteiger partial charge in [-0.05, 0) is 24.6 Å². The number of carboxylic acid groups (broad SMARTS) is 1. The van der Waals surface area contributed by atoms with Gasteiger partial charge >= 0.3 is 5.97 Å². The fourth-order valence-electron chi connectivity index (χ4n) is 1.80. The second-order valence-corrected chi connectivity index (χ2v) is 4.43. The van der Waals surface area contributed by atoms with Gasteiger partial charge in [-0.3, -0.25) is 4.84 Å². The summed E-state index contributed by atoms with van der Waals surface area (Å²) < 4.78 is 0. The molecule has 0 aromatic heterocycles. The van der Waals surface area contributed by atoms with E-state index in [1.807, 2.05) is 60.7 Å². The number of carboxylic acids is 1. The summed E-state index contributed by atoms with van der Waals surface area (Å²) in [5, 5.41) is 10.6. The lowest BCUT2D eigenvalue weighted by molar-refractivity contribution is -0.140. The van der Waals surface area contributed by atoms with Crippen molar-refractivity contribution in [2.75, 3.05) is 5.06 Å². The number of nitrogens with zero attached hydrogens (tertiary/aromatic N) is 1. The Morgan fingerprint density at radius 3 is 2.20 bits per heavy atom. The van der Waals surface area contributed by atoms with Crippen molar-refractivity contribution in [1.82, 2.24) is 0 Å². The Hall–Kier alpha value is -2.33. The van der Waals surface area contributed by atoms with Gasteiger partial charge < -0.3 is 5.11 Å². The van der Waals surface area contributed by atoms with Gasteiger partial charge in [-0.15, -0.1) is 0 Å². The standard InChI is InChI=1S/C16H17NO3/c1-13(16(18)19)17(15-10-6-3-7-11-15)20-12-14-8-4-2-5-9-14/h2-11,13H,12H2,1H3,(H,18,19). The highest BCUT2D eigenvalue weighted by Gasteiger charge is 2.22. The zero-order chi connectivity index (χ0) is 14.4. The zero-order valence-electron chi connectivity index (χ0n) is 11.3. The molecule has 1 N–H and O–H groups in total. The summed E-state index contributed by atoms with van der Waals surface area (Å²) in [4.78, 5) is 16.9. The lowest BCUT2D eigenvalue weighted by atomic mass is 10.2. The normalized spacial score (nSPS) is 11.8. The van der Waals surface area contributed by atoms with E-state index in [0.29, 0.717) is 6.61 Å². The Morgan fingerprint density at radius 1 is 1.10 bits per heavy atom. The first-order valence-corrected chi connectivity index (χ1v) is 6.42.